The molecule has 1 aromatic heterocycles. The number of hydrogen-bond donors (Lipinski definition) is 2. The maximum absolute atomic E-state index is 5.75. The summed E-state index contributed by atoms with van der Waals surface area (Å²) >= 11 is 1.78. The second kappa shape index (κ2) is 5.59. The Labute approximate surface area is 105 Å². The molecule has 3 N–H and O–H groups in total. The average molecular weight is 248 g/mol. The lowest BCUT2D eigenvalue weighted by molar-refractivity contribution is 0.417. The van der Waals surface area contributed by atoms with Gasteiger partial charge in [0.2, 0.25) is 0 Å². The molecule has 1 heterocycles. The molecule has 0 bridgehead atoms. The summed E-state index contributed by atoms with van der Waals surface area (Å²) in [6.45, 7) is 0.910. The minimum absolute atomic E-state index is 0.663. The van der Waals surface area contributed by atoms with Gasteiger partial charge in [0.1, 0.15) is 5.75 Å². The molecule has 0 aliphatic heterocycles. The zero-order valence-electron chi connectivity index (χ0n) is 9.77. The van der Waals surface area contributed by atoms with Gasteiger partial charge in [0.05, 0.1) is 12.8 Å². The van der Waals surface area contributed by atoms with Crippen LogP contribution in [0.1, 0.15) is 4.88 Å². The van der Waals surface area contributed by atoms with Crippen molar-refractivity contribution in [1.82, 2.24) is 0 Å². The monoisotopic (exact) mass is 248 g/mol. The number of rotatable bonds is 5. The number of thiophene rings is 1. The van der Waals surface area contributed by atoms with E-state index in [-0.39, 0.29) is 0 Å². The summed E-state index contributed by atoms with van der Waals surface area (Å²) in [7, 11) is 1.63. The van der Waals surface area contributed by atoms with Crippen LogP contribution in [-0.2, 0) is 6.42 Å². The van der Waals surface area contributed by atoms with E-state index in [2.05, 4.69) is 22.8 Å². The van der Waals surface area contributed by atoms with Gasteiger partial charge in [0.15, 0.2) is 0 Å². The van der Waals surface area contributed by atoms with Crippen molar-refractivity contribution in [3.8, 4) is 5.75 Å². The van der Waals surface area contributed by atoms with Crippen molar-refractivity contribution in [1.29, 1.82) is 0 Å². The number of methoxy groups -OCH3 is 1. The van der Waals surface area contributed by atoms with Crippen LogP contribution in [0.15, 0.2) is 35.7 Å². The van der Waals surface area contributed by atoms with Crippen LogP contribution in [-0.4, -0.2) is 13.7 Å². The summed E-state index contributed by atoms with van der Waals surface area (Å²) in [5, 5.41) is 5.45. The molecule has 1 aromatic carbocycles. The number of anilines is 2. The molecule has 0 saturated carbocycles. The topological polar surface area (TPSA) is 47.3 Å². The van der Waals surface area contributed by atoms with Crippen molar-refractivity contribution in [3.05, 3.63) is 40.6 Å². The Balaban J connectivity index is 1.90. The molecule has 0 unspecified atom stereocenters. The predicted molar refractivity (Wildman–Crippen MR) is 73.9 cm³/mol. The quantitative estimate of drug-likeness (QED) is 0.800. The number of ether oxygens (including phenoxy) is 1. The summed E-state index contributed by atoms with van der Waals surface area (Å²) in [4.78, 5) is 1.39. The van der Waals surface area contributed by atoms with E-state index in [9.17, 15) is 0 Å². The lowest BCUT2D eigenvalue weighted by Crippen LogP contribution is -2.04. The zero-order chi connectivity index (χ0) is 12.1. The fourth-order valence-electron chi connectivity index (χ4n) is 1.61. The highest BCUT2D eigenvalue weighted by molar-refractivity contribution is 7.09. The summed E-state index contributed by atoms with van der Waals surface area (Å²) in [6.07, 6.45) is 1.03. The predicted octanol–water partition coefficient (Wildman–Crippen LogP) is 2.99. The molecule has 2 aromatic rings. The van der Waals surface area contributed by atoms with Crippen LogP contribution >= 0.6 is 11.3 Å². The first kappa shape index (κ1) is 11.8. The highest BCUT2D eigenvalue weighted by Crippen LogP contribution is 2.24. The van der Waals surface area contributed by atoms with Crippen molar-refractivity contribution in [2.24, 2.45) is 0 Å². The van der Waals surface area contributed by atoms with Crippen LogP contribution in [0.25, 0.3) is 0 Å². The van der Waals surface area contributed by atoms with Crippen molar-refractivity contribution in [2.75, 3.05) is 24.7 Å². The van der Waals surface area contributed by atoms with E-state index in [1.807, 2.05) is 18.2 Å². The highest BCUT2D eigenvalue weighted by Gasteiger charge is 2.00. The van der Waals surface area contributed by atoms with Gasteiger partial charge >= 0.3 is 0 Å². The van der Waals surface area contributed by atoms with Gasteiger partial charge in [0.25, 0.3) is 0 Å². The third kappa shape index (κ3) is 3.14. The van der Waals surface area contributed by atoms with Gasteiger partial charge in [-0.1, -0.05) is 6.07 Å². The second-order valence-corrected chi connectivity index (χ2v) is 4.75. The smallest absolute Gasteiger partial charge is 0.143 e. The summed E-state index contributed by atoms with van der Waals surface area (Å²) in [5.41, 5.74) is 7.45. The Kier molecular flexibility index (Phi) is 3.88. The number of hydrogen-bond acceptors (Lipinski definition) is 4. The van der Waals surface area contributed by atoms with Crippen LogP contribution in [0.5, 0.6) is 5.75 Å². The molecule has 2 rings (SSSR count). The van der Waals surface area contributed by atoms with Gasteiger partial charge in [-0.2, -0.15) is 0 Å². The molecule has 0 saturated heterocycles. The highest BCUT2D eigenvalue weighted by atomic mass is 32.1. The molecular formula is C13H16N2OS. The van der Waals surface area contributed by atoms with Crippen molar-refractivity contribution < 1.29 is 4.74 Å². The van der Waals surface area contributed by atoms with Crippen molar-refractivity contribution >= 4 is 22.7 Å². The van der Waals surface area contributed by atoms with E-state index < -0.39 is 0 Å². The molecule has 0 aliphatic rings. The Morgan fingerprint density at radius 3 is 2.94 bits per heavy atom. The van der Waals surface area contributed by atoms with Gasteiger partial charge < -0.3 is 15.8 Å². The number of nitrogen functional groups attached to an aromatic ring is 1. The zero-order valence-corrected chi connectivity index (χ0v) is 10.6. The van der Waals surface area contributed by atoms with E-state index >= 15 is 0 Å². The summed E-state index contributed by atoms with van der Waals surface area (Å²) in [6, 6.07) is 9.96. The summed E-state index contributed by atoms with van der Waals surface area (Å²) < 4.78 is 5.17. The third-order valence-electron chi connectivity index (χ3n) is 2.51. The molecule has 4 heteroatoms. The first-order chi connectivity index (χ1) is 8.29. The Hall–Kier alpha value is -1.68. The Morgan fingerprint density at radius 2 is 2.24 bits per heavy atom. The van der Waals surface area contributed by atoms with Gasteiger partial charge in [0, 0.05) is 23.2 Å². The van der Waals surface area contributed by atoms with E-state index in [0.717, 1.165) is 18.7 Å². The molecule has 0 fully saturated rings. The molecule has 0 spiro atoms. The van der Waals surface area contributed by atoms with Gasteiger partial charge in [-0.25, -0.2) is 0 Å². The van der Waals surface area contributed by atoms with E-state index in [0.29, 0.717) is 11.4 Å². The molecular weight excluding hydrogens is 232 g/mol. The minimum Gasteiger partial charge on any atom is -0.495 e. The number of nitrogens with two attached hydrogens (primary N) is 1. The van der Waals surface area contributed by atoms with Crippen LogP contribution in [0, 0.1) is 0 Å². The molecule has 90 valence electrons. The lowest BCUT2D eigenvalue weighted by atomic mass is 10.2. The van der Waals surface area contributed by atoms with Crippen LogP contribution in [0.3, 0.4) is 0 Å². The maximum Gasteiger partial charge on any atom is 0.143 e. The Morgan fingerprint density at radius 1 is 1.35 bits per heavy atom. The van der Waals surface area contributed by atoms with Crippen molar-refractivity contribution in [3.63, 3.8) is 0 Å². The van der Waals surface area contributed by atoms with E-state index in [1.54, 1.807) is 18.4 Å². The van der Waals surface area contributed by atoms with Crippen molar-refractivity contribution in [2.45, 2.75) is 6.42 Å². The standard InChI is InChI=1S/C13H16N2OS/c1-16-13-9-10(4-5-12(13)14)15-7-6-11-3-2-8-17-11/h2-5,8-9,15H,6-7,14H2,1H3. The molecule has 0 atom stereocenters. The lowest BCUT2D eigenvalue weighted by Gasteiger charge is -2.09. The number of nitrogens with one attached hydrogen (secondary N) is 1. The minimum atomic E-state index is 0.663. The normalized spacial score (nSPS) is 10.2. The molecule has 0 aliphatic carbocycles. The molecule has 0 amide bonds. The fraction of sp³-hybridized carbons (Fsp3) is 0.231. The first-order valence-corrected chi connectivity index (χ1v) is 6.37. The van der Waals surface area contributed by atoms with Crippen LogP contribution < -0.4 is 15.8 Å². The van der Waals surface area contributed by atoms with Gasteiger partial charge in [-0.05, 0) is 30.0 Å². The largest absolute Gasteiger partial charge is 0.495 e. The van der Waals surface area contributed by atoms with Crippen LogP contribution in [0.2, 0.25) is 0 Å². The van der Waals surface area contributed by atoms with Gasteiger partial charge in [-0.15, -0.1) is 11.3 Å². The fourth-order valence-corrected chi connectivity index (χ4v) is 2.31. The molecule has 3 nitrogen and oxygen atoms in total. The van der Waals surface area contributed by atoms with Gasteiger partial charge in [-0.3, -0.25) is 0 Å². The SMILES string of the molecule is COc1cc(NCCc2cccs2)ccc1N. The third-order valence-corrected chi connectivity index (χ3v) is 3.45. The maximum atomic E-state index is 5.75. The first-order valence-electron chi connectivity index (χ1n) is 5.49. The second-order valence-electron chi connectivity index (χ2n) is 3.71. The van der Waals surface area contributed by atoms with Crippen LogP contribution in [0.4, 0.5) is 11.4 Å². The Bertz CT molecular complexity index is 468. The number of benzene rings is 1. The average Bonchev–Trinajstić information content (AvgIpc) is 2.84. The van der Waals surface area contributed by atoms with E-state index in [4.69, 9.17) is 10.5 Å². The summed E-state index contributed by atoms with van der Waals surface area (Å²) in [5.74, 6) is 0.714. The molecule has 0 radical (unpaired) electrons. The van der Waals surface area contributed by atoms with E-state index in [1.165, 1.54) is 4.88 Å². The molecule has 17 heavy (non-hydrogen) atoms.